The van der Waals surface area contributed by atoms with E-state index in [2.05, 4.69) is 20.3 Å². The summed E-state index contributed by atoms with van der Waals surface area (Å²) in [7, 11) is 5.67. The Hall–Kier alpha value is -2.80. The number of fused-ring (bicyclic) bond motifs is 1. The number of aromatic nitrogens is 4. The molecule has 0 bridgehead atoms. The molecule has 124 valence electrons. The fourth-order valence-electron chi connectivity index (χ4n) is 2.61. The molecule has 0 aliphatic heterocycles. The molecule has 0 saturated heterocycles. The number of rotatable bonds is 4. The summed E-state index contributed by atoms with van der Waals surface area (Å²) in [4.78, 5) is 26.5. The first-order valence-corrected chi connectivity index (χ1v) is 7.63. The van der Waals surface area contributed by atoms with E-state index in [1.54, 1.807) is 12.5 Å². The van der Waals surface area contributed by atoms with Crippen LogP contribution in [0.1, 0.15) is 5.69 Å². The lowest BCUT2D eigenvalue weighted by molar-refractivity contribution is -0.116. The number of nitrogens with zero attached hydrogens (tertiary/aromatic N) is 5. The minimum atomic E-state index is -0.0901. The first-order chi connectivity index (χ1) is 11.4. The maximum Gasteiger partial charge on any atom is 0.239 e. The molecule has 3 aromatic rings. The second-order valence-electron chi connectivity index (χ2n) is 6.05. The Kier molecular flexibility index (Phi) is 4.26. The second kappa shape index (κ2) is 6.37. The van der Waals surface area contributed by atoms with E-state index in [1.807, 2.05) is 55.7 Å². The molecule has 0 fully saturated rings. The topological polar surface area (TPSA) is 75.9 Å². The van der Waals surface area contributed by atoms with E-state index in [1.165, 1.54) is 0 Å². The third-order valence-corrected chi connectivity index (χ3v) is 3.72. The van der Waals surface area contributed by atoms with Crippen LogP contribution in [0.2, 0.25) is 0 Å². The van der Waals surface area contributed by atoms with Gasteiger partial charge in [0.25, 0.3) is 0 Å². The molecule has 7 nitrogen and oxygen atoms in total. The Morgan fingerprint density at radius 2 is 2.00 bits per heavy atom. The van der Waals surface area contributed by atoms with Crippen molar-refractivity contribution < 1.29 is 4.79 Å². The van der Waals surface area contributed by atoms with Crippen LogP contribution in [0.4, 0.5) is 5.82 Å². The zero-order valence-corrected chi connectivity index (χ0v) is 14.2. The second-order valence-corrected chi connectivity index (χ2v) is 6.05. The molecule has 0 aliphatic carbocycles. The molecule has 3 aromatic heterocycles. The van der Waals surface area contributed by atoms with E-state index in [9.17, 15) is 4.79 Å². The number of hydrogen-bond donors (Lipinski definition) is 1. The Labute approximate surface area is 140 Å². The Morgan fingerprint density at radius 1 is 1.21 bits per heavy atom. The van der Waals surface area contributed by atoms with Crippen molar-refractivity contribution in [1.29, 1.82) is 0 Å². The van der Waals surface area contributed by atoms with Crippen molar-refractivity contribution >= 4 is 22.6 Å². The molecule has 1 amide bonds. The number of hydrogen-bond acceptors (Lipinski definition) is 5. The van der Waals surface area contributed by atoms with Gasteiger partial charge in [-0.25, -0.2) is 15.0 Å². The van der Waals surface area contributed by atoms with Crippen molar-refractivity contribution in [3.63, 3.8) is 0 Å². The van der Waals surface area contributed by atoms with Crippen LogP contribution in [0.5, 0.6) is 0 Å². The van der Waals surface area contributed by atoms with Crippen LogP contribution in [0.3, 0.4) is 0 Å². The normalized spacial score (nSPS) is 11.2. The van der Waals surface area contributed by atoms with Gasteiger partial charge in [-0.1, -0.05) is 0 Å². The quantitative estimate of drug-likeness (QED) is 0.792. The van der Waals surface area contributed by atoms with E-state index in [0.29, 0.717) is 12.4 Å². The van der Waals surface area contributed by atoms with Crippen LogP contribution in [-0.4, -0.2) is 51.0 Å². The van der Waals surface area contributed by atoms with Crippen LogP contribution >= 0.6 is 0 Å². The van der Waals surface area contributed by atoms with Gasteiger partial charge in [0.1, 0.15) is 12.1 Å². The third kappa shape index (κ3) is 3.26. The molecule has 3 heterocycles. The molecular formula is C17H20N6O. The minimum absolute atomic E-state index is 0.0901. The first kappa shape index (κ1) is 16.1. The molecule has 0 aliphatic rings. The van der Waals surface area contributed by atoms with Crippen LogP contribution in [-0.2, 0) is 11.8 Å². The summed E-state index contributed by atoms with van der Waals surface area (Å²) in [5.74, 6) is 0.452. The molecule has 1 N–H and O–H groups in total. The van der Waals surface area contributed by atoms with Gasteiger partial charge in [0.2, 0.25) is 5.91 Å². The number of aryl methyl sites for hydroxylation is 2. The highest BCUT2D eigenvalue weighted by molar-refractivity contribution is 5.94. The summed E-state index contributed by atoms with van der Waals surface area (Å²) in [6, 6.07) is 5.86. The maximum atomic E-state index is 11.9. The number of anilines is 1. The Balaban J connectivity index is 1.96. The van der Waals surface area contributed by atoms with E-state index in [0.717, 1.165) is 28.0 Å². The number of likely N-dealkylation sites (N-methyl/N-ethyl adjacent to an activating group) is 1. The third-order valence-electron chi connectivity index (χ3n) is 3.72. The van der Waals surface area contributed by atoms with Crippen molar-refractivity contribution in [2.45, 2.75) is 6.92 Å². The average Bonchev–Trinajstić information content (AvgIpc) is 2.83. The summed E-state index contributed by atoms with van der Waals surface area (Å²) in [5.41, 5.74) is 3.74. The average molecular weight is 324 g/mol. The number of carbonyl (C=O) groups excluding carboxylic acids is 1. The van der Waals surface area contributed by atoms with Gasteiger partial charge in [-0.15, -0.1) is 0 Å². The minimum Gasteiger partial charge on any atom is -0.342 e. The van der Waals surface area contributed by atoms with Crippen LogP contribution in [0.15, 0.2) is 30.7 Å². The van der Waals surface area contributed by atoms with Gasteiger partial charge in [-0.3, -0.25) is 4.79 Å². The molecule has 0 spiro atoms. The van der Waals surface area contributed by atoms with Crippen molar-refractivity contribution in [3.8, 4) is 11.4 Å². The van der Waals surface area contributed by atoms with E-state index >= 15 is 0 Å². The van der Waals surface area contributed by atoms with E-state index in [4.69, 9.17) is 0 Å². The van der Waals surface area contributed by atoms with Gasteiger partial charge in [0, 0.05) is 30.4 Å². The van der Waals surface area contributed by atoms with Crippen molar-refractivity contribution in [1.82, 2.24) is 24.4 Å². The SMILES string of the molecule is Cc1cc(-c2cc3cnc(NC(=O)CN(C)C)cc3n2C)ncn1. The molecule has 0 radical (unpaired) electrons. The predicted molar refractivity (Wildman–Crippen MR) is 93.7 cm³/mol. The van der Waals surface area contributed by atoms with Gasteiger partial charge in [0.05, 0.1) is 23.4 Å². The van der Waals surface area contributed by atoms with Crippen LogP contribution < -0.4 is 5.32 Å². The van der Waals surface area contributed by atoms with Crippen molar-refractivity contribution in [3.05, 3.63) is 36.4 Å². The van der Waals surface area contributed by atoms with Crippen molar-refractivity contribution in [2.24, 2.45) is 7.05 Å². The fraction of sp³-hybridized carbons (Fsp3) is 0.294. The Morgan fingerprint density at radius 3 is 2.71 bits per heavy atom. The number of amides is 1. The predicted octanol–water partition coefficient (Wildman–Crippen LogP) is 1.84. The van der Waals surface area contributed by atoms with Gasteiger partial charge >= 0.3 is 0 Å². The zero-order chi connectivity index (χ0) is 17.3. The van der Waals surface area contributed by atoms with E-state index in [-0.39, 0.29) is 5.91 Å². The standard InChI is InChI=1S/C17H20N6O/c1-11-5-13(20-10-19-11)15-6-12-8-18-16(7-14(12)23(15)4)21-17(24)9-22(2)3/h5-8,10H,9H2,1-4H3,(H,18,21,24). The summed E-state index contributed by atoms with van der Waals surface area (Å²) in [5, 5.41) is 3.81. The smallest absolute Gasteiger partial charge is 0.239 e. The lowest BCUT2D eigenvalue weighted by Gasteiger charge is -2.10. The summed E-state index contributed by atoms with van der Waals surface area (Å²) in [6.07, 6.45) is 3.33. The molecule has 24 heavy (non-hydrogen) atoms. The van der Waals surface area contributed by atoms with Gasteiger partial charge in [0.15, 0.2) is 0 Å². The van der Waals surface area contributed by atoms with Gasteiger partial charge in [-0.2, -0.15) is 0 Å². The van der Waals surface area contributed by atoms with Gasteiger partial charge < -0.3 is 14.8 Å². The largest absolute Gasteiger partial charge is 0.342 e. The Bertz CT molecular complexity index is 899. The molecule has 0 saturated carbocycles. The molecule has 0 aromatic carbocycles. The monoisotopic (exact) mass is 324 g/mol. The highest BCUT2D eigenvalue weighted by Crippen LogP contribution is 2.27. The summed E-state index contributed by atoms with van der Waals surface area (Å²) < 4.78 is 2.04. The number of carbonyl (C=O) groups is 1. The number of nitrogens with one attached hydrogen (secondary N) is 1. The molecule has 3 rings (SSSR count). The zero-order valence-electron chi connectivity index (χ0n) is 14.2. The number of pyridine rings is 1. The van der Waals surface area contributed by atoms with Crippen LogP contribution in [0, 0.1) is 6.92 Å². The van der Waals surface area contributed by atoms with Gasteiger partial charge in [-0.05, 0) is 33.2 Å². The van der Waals surface area contributed by atoms with E-state index < -0.39 is 0 Å². The van der Waals surface area contributed by atoms with Crippen LogP contribution in [0.25, 0.3) is 22.3 Å². The van der Waals surface area contributed by atoms with Crippen molar-refractivity contribution in [2.75, 3.05) is 26.0 Å². The molecular weight excluding hydrogens is 304 g/mol. The highest BCUT2D eigenvalue weighted by Gasteiger charge is 2.12. The first-order valence-electron chi connectivity index (χ1n) is 7.63. The lowest BCUT2D eigenvalue weighted by Crippen LogP contribution is -2.27. The molecule has 7 heteroatoms. The summed E-state index contributed by atoms with van der Waals surface area (Å²) >= 11 is 0. The molecule has 0 unspecified atom stereocenters. The fourth-order valence-corrected chi connectivity index (χ4v) is 2.61. The summed E-state index contributed by atoms with van der Waals surface area (Å²) in [6.45, 7) is 2.26. The lowest BCUT2D eigenvalue weighted by atomic mass is 10.2. The highest BCUT2D eigenvalue weighted by atomic mass is 16.2. The maximum absolute atomic E-state index is 11.9. The molecule has 0 atom stereocenters.